The Hall–Kier alpha value is -1.36. The lowest BCUT2D eigenvalue weighted by Crippen LogP contribution is -2.06. The van der Waals surface area contributed by atoms with Crippen LogP contribution in [0.25, 0.3) is 0 Å². The summed E-state index contributed by atoms with van der Waals surface area (Å²) in [5.74, 6) is -0.388. The van der Waals surface area contributed by atoms with Gasteiger partial charge in [-0.2, -0.15) is 4.98 Å². The van der Waals surface area contributed by atoms with Gasteiger partial charge in [0.15, 0.2) is 0 Å². The second kappa shape index (κ2) is 4.76. The fourth-order valence-corrected chi connectivity index (χ4v) is 1.00. The second-order valence-corrected chi connectivity index (χ2v) is 2.78. The predicted octanol–water partition coefficient (Wildman–Crippen LogP) is 0.854. The summed E-state index contributed by atoms with van der Waals surface area (Å²) >= 11 is 5.77. The van der Waals surface area contributed by atoms with Gasteiger partial charge in [-0.15, -0.1) is 0 Å². The van der Waals surface area contributed by atoms with Gasteiger partial charge in [-0.1, -0.05) is 11.6 Å². The van der Waals surface area contributed by atoms with Crippen molar-refractivity contribution in [1.82, 2.24) is 9.97 Å². The van der Waals surface area contributed by atoms with E-state index in [9.17, 15) is 4.79 Å². The molecule has 0 atom stereocenters. The number of esters is 1. The SMILES string of the molecule is COC(=O)Cc1cnc(OC)nc1Cl. The average molecular weight is 217 g/mol. The van der Waals surface area contributed by atoms with Crippen LogP contribution in [0.2, 0.25) is 5.15 Å². The van der Waals surface area contributed by atoms with E-state index >= 15 is 0 Å². The highest BCUT2D eigenvalue weighted by Gasteiger charge is 2.09. The van der Waals surface area contributed by atoms with Crippen LogP contribution in [0.5, 0.6) is 6.01 Å². The summed E-state index contributed by atoms with van der Waals surface area (Å²) in [6, 6.07) is 0.170. The Balaban J connectivity index is 2.83. The highest BCUT2D eigenvalue weighted by Crippen LogP contribution is 2.15. The van der Waals surface area contributed by atoms with E-state index in [0.29, 0.717) is 5.56 Å². The van der Waals surface area contributed by atoms with Gasteiger partial charge in [-0.25, -0.2) is 4.98 Å². The standard InChI is InChI=1S/C8H9ClN2O3/c1-13-6(12)3-5-4-10-8(14-2)11-7(5)9/h4H,3H2,1-2H3. The number of carbonyl (C=O) groups is 1. The first kappa shape index (κ1) is 10.7. The van der Waals surface area contributed by atoms with Gasteiger partial charge in [-0.3, -0.25) is 4.79 Å². The van der Waals surface area contributed by atoms with E-state index in [0.717, 1.165) is 0 Å². The molecule has 1 heterocycles. The van der Waals surface area contributed by atoms with E-state index in [-0.39, 0.29) is 23.6 Å². The minimum Gasteiger partial charge on any atom is -0.469 e. The molecule has 1 rings (SSSR count). The number of hydrogen-bond donors (Lipinski definition) is 0. The topological polar surface area (TPSA) is 61.3 Å². The molecular formula is C8H9ClN2O3. The number of nitrogens with zero attached hydrogens (tertiary/aromatic N) is 2. The Morgan fingerprint density at radius 1 is 1.57 bits per heavy atom. The minimum atomic E-state index is -0.388. The van der Waals surface area contributed by atoms with Crippen molar-refractivity contribution in [2.75, 3.05) is 14.2 Å². The van der Waals surface area contributed by atoms with Gasteiger partial charge in [0, 0.05) is 11.8 Å². The zero-order chi connectivity index (χ0) is 10.6. The third kappa shape index (κ3) is 2.56. The zero-order valence-electron chi connectivity index (χ0n) is 7.78. The summed E-state index contributed by atoms with van der Waals surface area (Å²) < 4.78 is 9.24. The molecule has 0 saturated heterocycles. The Labute approximate surface area is 86.0 Å². The first-order valence-corrected chi connectivity index (χ1v) is 4.17. The third-order valence-electron chi connectivity index (χ3n) is 1.53. The van der Waals surface area contributed by atoms with E-state index in [2.05, 4.69) is 14.7 Å². The molecule has 14 heavy (non-hydrogen) atoms. The number of methoxy groups -OCH3 is 2. The molecule has 0 unspecified atom stereocenters. The molecular weight excluding hydrogens is 208 g/mol. The molecule has 6 heteroatoms. The van der Waals surface area contributed by atoms with E-state index < -0.39 is 0 Å². The maximum absolute atomic E-state index is 10.9. The summed E-state index contributed by atoms with van der Waals surface area (Å²) in [5, 5.41) is 0.197. The molecule has 0 fully saturated rings. The van der Waals surface area contributed by atoms with Gasteiger partial charge in [0.25, 0.3) is 0 Å². The molecule has 0 aromatic carbocycles. The fraction of sp³-hybridized carbons (Fsp3) is 0.375. The third-order valence-corrected chi connectivity index (χ3v) is 1.86. The van der Waals surface area contributed by atoms with Crippen LogP contribution in [0.4, 0.5) is 0 Å². The second-order valence-electron chi connectivity index (χ2n) is 2.43. The molecule has 76 valence electrons. The van der Waals surface area contributed by atoms with Gasteiger partial charge in [0.1, 0.15) is 5.15 Å². The zero-order valence-corrected chi connectivity index (χ0v) is 8.54. The minimum absolute atomic E-state index is 0.0549. The van der Waals surface area contributed by atoms with E-state index in [1.165, 1.54) is 20.4 Å². The number of rotatable bonds is 3. The Bertz CT molecular complexity index is 343. The Morgan fingerprint density at radius 3 is 2.79 bits per heavy atom. The van der Waals surface area contributed by atoms with Crippen molar-refractivity contribution in [3.8, 4) is 6.01 Å². The summed E-state index contributed by atoms with van der Waals surface area (Å²) in [4.78, 5) is 18.5. The van der Waals surface area contributed by atoms with Crippen LogP contribution >= 0.6 is 11.6 Å². The van der Waals surface area contributed by atoms with Crippen LogP contribution in [-0.4, -0.2) is 30.2 Å². The number of halogens is 1. The van der Waals surface area contributed by atoms with Gasteiger partial charge >= 0.3 is 12.0 Å². The first-order chi connectivity index (χ1) is 6.67. The lowest BCUT2D eigenvalue weighted by Gasteiger charge is -2.02. The van der Waals surface area contributed by atoms with Crippen molar-refractivity contribution in [3.63, 3.8) is 0 Å². The van der Waals surface area contributed by atoms with Gasteiger partial charge in [-0.05, 0) is 0 Å². The van der Waals surface area contributed by atoms with E-state index in [1.54, 1.807) is 0 Å². The van der Waals surface area contributed by atoms with Crippen molar-refractivity contribution in [2.45, 2.75) is 6.42 Å². The van der Waals surface area contributed by atoms with Crippen molar-refractivity contribution < 1.29 is 14.3 Å². The number of carbonyl (C=O) groups excluding carboxylic acids is 1. The molecule has 0 spiro atoms. The maximum atomic E-state index is 10.9. The van der Waals surface area contributed by atoms with Crippen molar-refractivity contribution in [3.05, 3.63) is 16.9 Å². The van der Waals surface area contributed by atoms with E-state index in [4.69, 9.17) is 16.3 Å². The molecule has 0 N–H and O–H groups in total. The average Bonchev–Trinajstić information content (AvgIpc) is 2.20. The quantitative estimate of drug-likeness (QED) is 0.554. The molecule has 0 aliphatic rings. The molecule has 0 aliphatic heterocycles. The number of hydrogen-bond acceptors (Lipinski definition) is 5. The molecule has 0 bridgehead atoms. The normalized spacial score (nSPS) is 9.64. The first-order valence-electron chi connectivity index (χ1n) is 3.79. The smallest absolute Gasteiger partial charge is 0.317 e. The number of ether oxygens (including phenoxy) is 2. The maximum Gasteiger partial charge on any atom is 0.317 e. The predicted molar refractivity (Wildman–Crippen MR) is 49.3 cm³/mol. The largest absolute Gasteiger partial charge is 0.469 e. The van der Waals surface area contributed by atoms with Gasteiger partial charge in [0.2, 0.25) is 0 Å². The van der Waals surface area contributed by atoms with Crippen LogP contribution in [0.3, 0.4) is 0 Å². The monoisotopic (exact) mass is 216 g/mol. The van der Waals surface area contributed by atoms with Crippen LogP contribution in [0, 0.1) is 0 Å². The molecule has 1 aromatic rings. The summed E-state index contributed by atoms with van der Waals surface area (Å²) in [6.45, 7) is 0. The Kier molecular flexibility index (Phi) is 3.64. The molecule has 0 saturated carbocycles. The highest BCUT2D eigenvalue weighted by atomic mass is 35.5. The van der Waals surface area contributed by atoms with Crippen molar-refractivity contribution in [1.29, 1.82) is 0 Å². The summed E-state index contributed by atoms with van der Waals surface area (Å²) in [7, 11) is 2.74. The van der Waals surface area contributed by atoms with Crippen LogP contribution < -0.4 is 4.74 Å². The van der Waals surface area contributed by atoms with Gasteiger partial charge in [0.05, 0.1) is 20.6 Å². The molecule has 0 radical (unpaired) electrons. The van der Waals surface area contributed by atoms with Crippen molar-refractivity contribution in [2.24, 2.45) is 0 Å². The van der Waals surface area contributed by atoms with Crippen molar-refractivity contribution >= 4 is 17.6 Å². The molecule has 0 aliphatic carbocycles. The lowest BCUT2D eigenvalue weighted by molar-refractivity contribution is -0.139. The fourth-order valence-electron chi connectivity index (χ4n) is 0.816. The molecule has 1 aromatic heterocycles. The molecule has 0 amide bonds. The van der Waals surface area contributed by atoms with Crippen LogP contribution in [0.1, 0.15) is 5.56 Å². The summed E-state index contributed by atoms with van der Waals surface area (Å²) in [5.41, 5.74) is 0.513. The Morgan fingerprint density at radius 2 is 2.29 bits per heavy atom. The lowest BCUT2D eigenvalue weighted by atomic mass is 10.2. The van der Waals surface area contributed by atoms with E-state index in [1.807, 2.05) is 0 Å². The molecule has 5 nitrogen and oxygen atoms in total. The van der Waals surface area contributed by atoms with Crippen LogP contribution in [-0.2, 0) is 16.0 Å². The summed E-state index contributed by atoms with van der Waals surface area (Å²) in [6.07, 6.45) is 1.49. The number of aromatic nitrogens is 2. The van der Waals surface area contributed by atoms with Gasteiger partial charge < -0.3 is 9.47 Å². The van der Waals surface area contributed by atoms with Crippen LogP contribution in [0.15, 0.2) is 6.20 Å². The highest BCUT2D eigenvalue weighted by molar-refractivity contribution is 6.30.